The van der Waals surface area contributed by atoms with Crippen molar-refractivity contribution in [3.63, 3.8) is 0 Å². The second kappa shape index (κ2) is 11.5. The molecule has 0 bridgehead atoms. The Bertz CT molecular complexity index is 567. The van der Waals surface area contributed by atoms with Crippen molar-refractivity contribution in [2.75, 3.05) is 19.6 Å². The second-order valence-corrected chi connectivity index (χ2v) is 6.64. The van der Waals surface area contributed by atoms with E-state index in [-0.39, 0.29) is 5.41 Å². The van der Waals surface area contributed by atoms with Crippen LogP contribution in [-0.2, 0) is 10.2 Å². The summed E-state index contributed by atoms with van der Waals surface area (Å²) in [4.78, 5) is 22.1. The van der Waals surface area contributed by atoms with Gasteiger partial charge in [-0.25, -0.2) is 4.79 Å². The molecule has 3 N–H and O–H groups in total. The van der Waals surface area contributed by atoms with E-state index in [1.54, 1.807) is 6.07 Å². The van der Waals surface area contributed by atoms with Gasteiger partial charge in [0.2, 0.25) is 0 Å². The predicted molar refractivity (Wildman–Crippen MR) is 103 cm³/mol. The highest BCUT2D eigenvalue weighted by atomic mass is 16.6. The van der Waals surface area contributed by atoms with Gasteiger partial charge in [-0.3, -0.25) is 4.79 Å². The van der Waals surface area contributed by atoms with Crippen LogP contribution < -0.4 is 15.4 Å². The monoisotopic (exact) mass is 364 g/mol. The van der Waals surface area contributed by atoms with E-state index in [0.29, 0.717) is 5.75 Å². The third-order valence-electron chi connectivity index (χ3n) is 4.44. The van der Waals surface area contributed by atoms with Crippen LogP contribution in [0.4, 0.5) is 4.79 Å². The number of aliphatic carboxylic acids is 1. The molecule has 1 aliphatic rings. The molecule has 1 aliphatic heterocycles. The van der Waals surface area contributed by atoms with Gasteiger partial charge in [-0.1, -0.05) is 45.7 Å². The molecule has 1 atom stereocenters. The van der Waals surface area contributed by atoms with Crippen molar-refractivity contribution >= 4 is 12.1 Å². The minimum Gasteiger partial charge on any atom is -0.480 e. The summed E-state index contributed by atoms with van der Waals surface area (Å²) in [6.07, 6.45) is 4.95. The Morgan fingerprint density at radius 3 is 2.65 bits per heavy atom. The minimum absolute atomic E-state index is 0.0490. The number of ether oxygens (including phenoxy) is 1. The van der Waals surface area contributed by atoms with Crippen LogP contribution in [-0.4, -0.2) is 36.8 Å². The van der Waals surface area contributed by atoms with Gasteiger partial charge in [-0.05, 0) is 43.5 Å². The van der Waals surface area contributed by atoms with Crippen molar-refractivity contribution in [1.29, 1.82) is 0 Å². The summed E-state index contributed by atoms with van der Waals surface area (Å²) in [5.41, 5.74) is 1.20. The van der Waals surface area contributed by atoms with Crippen LogP contribution in [0.15, 0.2) is 24.3 Å². The molecule has 6 nitrogen and oxygen atoms in total. The maximum atomic E-state index is 11.6. The fourth-order valence-electron chi connectivity index (χ4n) is 3.06. The lowest BCUT2D eigenvalue weighted by atomic mass is 9.74. The highest BCUT2D eigenvalue weighted by molar-refractivity contribution is 5.77. The van der Waals surface area contributed by atoms with Crippen LogP contribution in [0.2, 0.25) is 0 Å². The molecule has 26 heavy (non-hydrogen) atoms. The average molecular weight is 364 g/mol. The predicted octanol–water partition coefficient (Wildman–Crippen LogP) is 3.70. The van der Waals surface area contributed by atoms with E-state index in [4.69, 9.17) is 9.84 Å². The number of carbonyl (C=O) groups is 2. The minimum atomic E-state index is -1.11. The zero-order valence-electron chi connectivity index (χ0n) is 16.1. The zero-order valence-corrected chi connectivity index (χ0v) is 16.1. The molecule has 1 aromatic carbocycles. The molecule has 1 aromatic rings. The van der Waals surface area contributed by atoms with E-state index >= 15 is 0 Å². The molecule has 146 valence electrons. The van der Waals surface area contributed by atoms with E-state index in [9.17, 15) is 9.59 Å². The number of amides is 1. The molecular formula is C20H32N2O4. The smallest absolute Gasteiger partial charge is 0.413 e. The van der Waals surface area contributed by atoms with Crippen molar-refractivity contribution in [2.24, 2.45) is 0 Å². The van der Waals surface area contributed by atoms with E-state index < -0.39 is 18.6 Å². The fourth-order valence-corrected chi connectivity index (χ4v) is 3.06. The Morgan fingerprint density at radius 2 is 2.00 bits per heavy atom. The lowest BCUT2D eigenvalue weighted by Gasteiger charge is -2.32. The molecule has 1 saturated heterocycles. The number of carboxylic acids is 1. The fraction of sp³-hybridized carbons (Fsp3) is 0.600. The number of benzene rings is 1. The zero-order chi connectivity index (χ0) is 19.4. The summed E-state index contributed by atoms with van der Waals surface area (Å²) >= 11 is 0. The van der Waals surface area contributed by atoms with Crippen LogP contribution in [0, 0.1) is 0 Å². The number of hydrogen-bond donors (Lipinski definition) is 3. The van der Waals surface area contributed by atoms with Gasteiger partial charge in [-0.15, -0.1) is 0 Å². The SMILES string of the molecule is CCC.CCC1(c2cccc(OC(=O)NCC(=O)O)c2)CCCCNC1. The van der Waals surface area contributed by atoms with Crippen LogP contribution in [0.1, 0.15) is 58.4 Å². The molecule has 0 spiro atoms. The Hall–Kier alpha value is -2.08. The molecule has 0 radical (unpaired) electrons. The third-order valence-corrected chi connectivity index (χ3v) is 4.44. The van der Waals surface area contributed by atoms with Gasteiger partial charge in [-0.2, -0.15) is 0 Å². The number of hydrogen-bond acceptors (Lipinski definition) is 4. The first kappa shape index (κ1) is 22.0. The van der Waals surface area contributed by atoms with Crippen LogP contribution in [0.25, 0.3) is 0 Å². The van der Waals surface area contributed by atoms with Crippen molar-refractivity contribution in [3.05, 3.63) is 29.8 Å². The second-order valence-electron chi connectivity index (χ2n) is 6.64. The summed E-state index contributed by atoms with van der Waals surface area (Å²) in [5.74, 6) is -0.673. The normalized spacial score (nSPS) is 19.5. The van der Waals surface area contributed by atoms with Gasteiger partial charge < -0.3 is 20.5 Å². The molecule has 1 amide bonds. The summed E-state index contributed by atoms with van der Waals surface area (Å²) in [6, 6.07) is 7.53. The van der Waals surface area contributed by atoms with Gasteiger partial charge in [0.1, 0.15) is 12.3 Å². The van der Waals surface area contributed by atoms with E-state index in [1.165, 1.54) is 19.3 Å². The van der Waals surface area contributed by atoms with Crippen molar-refractivity contribution in [2.45, 2.75) is 58.3 Å². The molecule has 2 rings (SSSR count). The first-order valence-corrected chi connectivity index (χ1v) is 9.46. The summed E-state index contributed by atoms with van der Waals surface area (Å²) < 4.78 is 5.18. The molecule has 1 unspecified atom stereocenters. The Kier molecular flexibility index (Phi) is 9.73. The van der Waals surface area contributed by atoms with Crippen molar-refractivity contribution in [3.8, 4) is 5.75 Å². The molecular weight excluding hydrogens is 332 g/mol. The molecule has 1 heterocycles. The van der Waals surface area contributed by atoms with Gasteiger partial charge in [0.15, 0.2) is 0 Å². The maximum Gasteiger partial charge on any atom is 0.413 e. The number of rotatable bonds is 5. The molecule has 0 saturated carbocycles. The summed E-state index contributed by atoms with van der Waals surface area (Å²) in [7, 11) is 0. The Labute approximate surface area is 156 Å². The topological polar surface area (TPSA) is 87.7 Å². The first-order valence-electron chi connectivity index (χ1n) is 9.46. The highest BCUT2D eigenvalue weighted by Crippen LogP contribution is 2.35. The van der Waals surface area contributed by atoms with Gasteiger partial charge in [0, 0.05) is 12.0 Å². The first-order chi connectivity index (χ1) is 12.5. The van der Waals surface area contributed by atoms with Gasteiger partial charge >= 0.3 is 12.1 Å². The lowest BCUT2D eigenvalue weighted by molar-refractivity contribution is -0.135. The number of nitrogens with one attached hydrogen (secondary N) is 2. The van der Waals surface area contributed by atoms with Crippen molar-refractivity contribution < 1.29 is 19.4 Å². The number of carbonyl (C=O) groups excluding carboxylic acids is 1. The Balaban J connectivity index is 0.00000105. The van der Waals surface area contributed by atoms with Crippen molar-refractivity contribution in [1.82, 2.24) is 10.6 Å². The number of carboxylic acid groups (broad SMARTS) is 1. The summed E-state index contributed by atoms with van der Waals surface area (Å²) in [5, 5.41) is 14.2. The molecule has 0 aromatic heterocycles. The van der Waals surface area contributed by atoms with Gasteiger partial charge in [0.05, 0.1) is 0 Å². The molecule has 0 aliphatic carbocycles. The molecule has 6 heteroatoms. The molecule has 1 fully saturated rings. The quantitative estimate of drug-likeness (QED) is 0.741. The van der Waals surface area contributed by atoms with Crippen LogP contribution >= 0.6 is 0 Å². The van der Waals surface area contributed by atoms with Crippen LogP contribution in [0.3, 0.4) is 0 Å². The highest BCUT2D eigenvalue weighted by Gasteiger charge is 2.31. The largest absolute Gasteiger partial charge is 0.480 e. The third kappa shape index (κ3) is 7.04. The standard InChI is InChI=1S/C17H24N2O4.C3H8/c1-2-17(8-3-4-9-18-12-17)13-6-5-7-14(10-13)23-16(22)19-11-15(20)21;1-3-2/h5-7,10,18H,2-4,8-9,11-12H2,1H3,(H,19,22)(H,20,21);3H2,1-2H3. The van der Waals surface area contributed by atoms with Crippen LogP contribution in [0.5, 0.6) is 5.75 Å². The van der Waals surface area contributed by atoms with E-state index in [0.717, 1.165) is 31.5 Å². The Morgan fingerprint density at radius 1 is 1.27 bits per heavy atom. The van der Waals surface area contributed by atoms with E-state index in [2.05, 4.69) is 37.5 Å². The van der Waals surface area contributed by atoms with E-state index in [1.807, 2.05) is 12.1 Å². The maximum absolute atomic E-state index is 11.6. The average Bonchev–Trinajstić information content (AvgIpc) is 2.87. The van der Waals surface area contributed by atoms with Gasteiger partial charge in [0.25, 0.3) is 0 Å². The summed E-state index contributed by atoms with van der Waals surface area (Å²) in [6.45, 7) is 7.93. The lowest BCUT2D eigenvalue weighted by Crippen LogP contribution is -2.36.